The van der Waals surface area contributed by atoms with Crippen LogP contribution in [-0.2, 0) is 9.59 Å². The standard InChI is InChI=1S/C16H15NO3/c1-10(18)11-5-4-6-12(9-11)17-15(19)13-7-2-3-8-14(13)16(17)20/h4-6,9H,2-3,7-8H2,1H3. The van der Waals surface area contributed by atoms with Crippen LogP contribution in [0, 0.1) is 0 Å². The Kier molecular flexibility index (Phi) is 3.01. The highest BCUT2D eigenvalue weighted by Gasteiger charge is 2.39. The predicted molar refractivity (Wildman–Crippen MR) is 74.4 cm³/mol. The van der Waals surface area contributed by atoms with Crippen molar-refractivity contribution < 1.29 is 14.4 Å². The van der Waals surface area contributed by atoms with Gasteiger partial charge < -0.3 is 0 Å². The van der Waals surface area contributed by atoms with Gasteiger partial charge in [-0.1, -0.05) is 12.1 Å². The molecule has 20 heavy (non-hydrogen) atoms. The number of nitrogens with zero attached hydrogens (tertiary/aromatic N) is 1. The summed E-state index contributed by atoms with van der Waals surface area (Å²) in [5.41, 5.74) is 2.32. The van der Waals surface area contributed by atoms with E-state index >= 15 is 0 Å². The number of carbonyl (C=O) groups is 3. The number of carbonyl (C=O) groups excluding carboxylic acids is 3. The highest BCUT2D eigenvalue weighted by molar-refractivity contribution is 6.33. The summed E-state index contributed by atoms with van der Waals surface area (Å²) in [5.74, 6) is -0.514. The Morgan fingerprint density at radius 3 is 2.20 bits per heavy atom. The molecule has 3 rings (SSSR count). The lowest BCUT2D eigenvalue weighted by Crippen LogP contribution is -2.31. The van der Waals surface area contributed by atoms with E-state index in [4.69, 9.17) is 0 Å². The molecule has 4 nitrogen and oxygen atoms in total. The van der Waals surface area contributed by atoms with Gasteiger partial charge in [-0.25, -0.2) is 4.90 Å². The molecule has 1 aliphatic carbocycles. The number of amides is 2. The van der Waals surface area contributed by atoms with E-state index in [0.717, 1.165) is 12.8 Å². The minimum atomic E-state index is -0.217. The van der Waals surface area contributed by atoms with E-state index in [1.54, 1.807) is 24.3 Å². The second-order valence-corrected chi connectivity index (χ2v) is 5.22. The second-order valence-electron chi connectivity index (χ2n) is 5.22. The topological polar surface area (TPSA) is 54.5 Å². The summed E-state index contributed by atoms with van der Waals surface area (Å²) in [6.45, 7) is 1.47. The van der Waals surface area contributed by atoms with Gasteiger partial charge in [0.15, 0.2) is 5.78 Å². The average Bonchev–Trinajstić information content (AvgIpc) is 2.72. The molecule has 2 aliphatic rings. The van der Waals surface area contributed by atoms with E-state index in [0.29, 0.717) is 35.2 Å². The Balaban J connectivity index is 2.00. The maximum atomic E-state index is 12.4. The van der Waals surface area contributed by atoms with Crippen molar-refractivity contribution in [2.45, 2.75) is 32.6 Å². The lowest BCUT2D eigenvalue weighted by atomic mass is 9.93. The fourth-order valence-corrected chi connectivity index (χ4v) is 2.84. The van der Waals surface area contributed by atoms with Crippen molar-refractivity contribution in [1.82, 2.24) is 0 Å². The summed E-state index contributed by atoms with van der Waals surface area (Å²) in [7, 11) is 0. The van der Waals surface area contributed by atoms with E-state index in [1.165, 1.54) is 11.8 Å². The number of imide groups is 1. The van der Waals surface area contributed by atoms with Gasteiger partial charge in [-0.3, -0.25) is 14.4 Å². The van der Waals surface area contributed by atoms with Crippen LogP contribution in [0.1, 0.15) is 43.0 Å². The lowest BCUT2D eigenvalue weighted by molar-refractivity contribution is -0.120. The van der Waals surface area contributed by atoms with Crippen LogP contribution >= 0.6 is 0 Å². The molecule has 1 aliphatic heterocycles. The summed E-state index contributed by atoms with van der Waals surface area (Å²) >= 11 is 0. The molecular formula is C16H15NO3. The van der Waals surface area contributed by atoms with Crippen molar-refractivity contribution in [2.24, 2.45) is 0 Å². The molecule has 0 unspecified atom stereocenters. The minimum Gasteiger partial charge on any atom is -0.295 e. The Morgan fingerprint density at radius 2 is 1.65 bits per heavy atom. The van der Waals surface area contributed by atoms with Gasteiger partial charge in [0.25, 0.3) is 11.8 Å². The summed E-state index contributed by atoms with van der Waals surface area (Å²) in [6, 6.07) is 6.69. The van der Waals surface area contributed by atoms with Crippen molar-refractivity contribution in [1.29, 1.82) is 0 Å². The zero-order valence-corrected chi connectivity index (χ0v) is 11.3. The third-order valence-electron chi connectivity index (χ3n) is 3.90. The van der Waals surface area contributed by atoms with Gasteiger partial charge in [-0.2, -0.15) is 0 Å². The molecule has 0 bridgehead atoms. The van der Waals surface area contributed by atoms with Gasteiger partial charge in [0.1, 0.15) is 0 Å². The van der Waals surface area contributed by atoms with Gasteiger partial charge >= 0.3 is 0 Å². The molecule has 1 aromatic rings. The largest absolute Gasteiger partial charge is 0.295 e. The molecule has 0 spiro atoms. The number of ketones is 1. The maximum Gasteiger partial charge on any atom is 0.261 e. The number of hydrogen-bond acceptors (Lipinski definition) is 3. The molecule has 0 saturated carbocycles. The van der Waals surface area contributed by atoms with Crippen LogP contribution in [0.4, 0.5) is 5.69 Å². The van der Waals surface area contributed by atoms with Crippen LogP contribution in [0.3, 0.4) is 0 Å². The van der Waals surface area contributed by atoms with Crippen molar-refractivity contribution in [2.75, 3.05) is 4.90 Å². The van der Waals surface area contributed by atoms with Crippen LogP contribution in [0.2, 0.25) is 0 Å². The zero-order chi connectivity index (χ0) is 14.3. The molecule has 0 radical (unpaired) electrons. The van der Waals surface area contributed by atoms with Crippen molar-refractivity contribution in [3.05, 3.63) is 41.0 Å². The summed E-state index contributed by atoms with van der Waals surface area (Å²) in [4.78, 5) is 37.4. The Hall–Kier alpha value is -2.23. The van der Waals surface area contributed by atoms with Crippen molar-refractivity contribution in [3.63, 3.8) is 0 Å². The minimum absolute atomic E-state index is 0.0799. The van der Waals surface area contributed by atoms with Crippen LogP contribution in [0.5, 0.6) is 0 Å². The first-order chi connectivity index (χ1) is 9.59. The monoisotopic (exact) mass is 269 g/mol. The van der Waals surface area contributed by atoms with E-state index in [-0.39, 0.29) is 17.6 Å². The van der Waals surface area contributed by atoms with Crippen LogP contribution in [0.25, 0.3) is 0 Å². The Labute approximate surface area is 117 Å². The first-order valence-corrected chi connectivity index (χ1v) is 6.81. The molecular weight excluding hydrogens is 254 g/mol. The van der Waals surface area contributed by atoms with Gasteiger partial charge in [0.2, 0.25) is 0 Å². The summed E-state index contributed by atoms with van der Waals surface area (Å²) in [5, 5.41) is 0. The van der Waals surface area contributed by atoms with Crippen LogP contribution < -0.4 is 4.90 Å². The summed E-state index contributed by atoms with van der Waals surface area (Å²) < 4.78 is 0. The highest BCUT2D eigenvalue weighted by atomic mass is 16.2. The molecule has 0 aromatic heterocycles. The molecule has 0 N–H and O–H groups in total. The van der Waals surface area contributed by atoms with E-state index in [1.807, 2.05) is 0 Å². The quantitative estimate of drug-likeness (QED) is 0.612. The maximum absolute atomic E-state index is 12.4. The average molecular weight is 269 g/mol. The third-order valence-corrected chi connectivity index (χ3v) is 3.90. The van der Waals surface area contributed by atoms with Crippen molar-refractivity contribution in [3.8, 4) is 0 Å². The van der Waals surface area contributed by atoms with Crippen LogP contribution in [-0.4, -0.2) is 17.6 Å². The fourth-order valence-electron chi connectivity index (χ4n) is 2.84. The number of benzene rings is 1. The molecule has 0 atom stereocenters. The molecule has 0 fully saturated rings. The second kappa shape index (κ2) is 4.71. The molecule has 1 aromatic carbocycles. The SMILES string of the molecule is CC(=O)c1cccc(N2C(=O)C3=C(CCCC3)C2=O)c1. The predicted octanol–water partition coefficient (Wildman–Crippen LogP) is 2.63. The van der Waals surface area contributed by atoms with Gasteiger partial charge in [0, 0.05) is 16.7 Å². The molecule has 102 valence electrons. The lowest BCUT2D eigenvalue weighted by Gasteiger charge is -2.15. The number of hydrogen-bond donors (Lipinski definition) is 0. The third kappa shape index (κ3) is 1.88. The van der Waals surface area contributed by atoms with Crippen LogP contribution in [0.15, 0.2) is 35.4 Å². The number of rotatable bonds is 2. The molecule has 2 amide bonds. The smallest absolute Gasteiger partial charge is 0.261 e. The van der Waals surface area contributed by atoms with Gasteiger partial charge in [-0.05, 0) is 44.7 Å². The normalized spacial score (nSPS) is 18.6. The fraction of sp³-hybridized carbons (Fsp3) is 0.312. The van der Waals surface area contributed by atoms with E-state index in [9.17, 15) is 14.4 Å². The van der Waals surface area contributed by atoms with Gasteiger partial charge in [-0.15, -0.1) is 0 Å². The molecule has 1 heterocycles. The first kappa shape index (κ1) is 12.8. The first-order valence-electron chi connectivity index (χ1n) is 6.81. The number of Topliss-reactive ketones (excluding diaryl/α,β-unsaturated/α-hetero) is 1. The van der Waals surface area contributed by atoms with Gasteiger partial charge in [0.05, 0.1) is 5.69 Å². The Bertz CT molecular complexity index is 629. The highest BCUT2D eigenvalue weighted by Crippen LogP contribution is 2.35. The molecule has 0 saturated heterocycles. The molecule has 4 heteroatoms. The Morgan fingerprint density at radius 1 is 1.05 bits per heavy atom. The van der Waals surface area contributed by atoms with Crippen molar-refractivity contribution >= 4 is 23.3 Å². The zero-order valence-electron chi connectivity index (χ0n) is 11.3. The number of anilines is 1. The van der Waals surface area contributed by atoms with E-state index in [2.05, 4.69) is 0 Å². The van der Waals surface area contributed by atoms with E-state index < -0.39 is 0 Å². The summed E-state index contributed by atoms with van der Waals surface area (Å²) in [6.07, 6.45) is 3.28.